The molecule has 0 unspecified atom stereocenters. The SMILES string of the molecule is [Al+3].[Li+].[Li+].[Li+].[O-]B([O-])[O-].[O-]B([O-])[O-]. The van der Waals surface area contributed by atoms with E-state index in [4.69, 9.17) is 30.1 Å². The van der Waals surface area contributed by atoms with Gasteiger partial charge >= 0.3 is 73.9 Å². The summed E-state index contributed by atoms with van der Waals surface area (Å²) < 4.78 is 0. The predicted molar refractivity (Wildman–Crippen MR) is 17.3 cm³/mol. The van der Waals surface area contributed by atoms with Crippen LogP contribution in [0.15, 0.2) is 0 Å². The quantitative estimate of drug-likeness (QED) is 0.327. The van der Waals surface area contributed by atoms with Gasteiger partial charge in [-0.3, -0.25) is 14.6 Å². The second-order valence-electron chi connectivity index (χ2n) is 0.577. The van der Waals surface area contributed by atoms with Gasteiger partial charge in [0, 0.05) is 0 Å². The molecule has 0 spiro atoms. The minimum Gasteiger partial charge on any atom is -0.907 e. The first-order valence-electron chi connectivity index (χ1n) is 1.41. The zero-order valence-corrected chi connectivity index (χ0v) is 8.34. The van der Waals surface area contributed by atoms with Gasteiger partial charge in [-0.05, 0) is 0 Å². The Morgan fingerprint density at radius 1 is 0.500 bits per heavy atom. The molecule has 0 radical (unpaired) electrons. The molecular weight excluding hydrogens is 165 g/mol. The molecule has 0 aromatic carbocycles. The van der Waals surface area contributed by atoms with Crippen molar-refractivity contribution in [3.8, 4) is 0 Å². The fraction of sp³-hybridized carbons (Fsp3) is 0. The van der Waals surface area contributed by atoms with E-state index < -0.39 is 14.6 Å². The Morgan fingerprint density at radius 3 is 0.500 bits per heavy atom. The molecule has 0 amide bonds. The Morgan fingerprint density at radius 2 is 0.500 bits per heavy atom. The van der Waals surface area contributed by atoms with Gasteiger partial charge in [-0.2, -0.15) is 0 Å². The van der Waals surface area contributed by atoms with E-state index in [1.54, 1.807) is 0 Å². The summed E-state index contributed by atoms with van der Waals surface area (Å²) in [6.07, 6.45) is 0. The van der Waals surface area contributed by atoms with Gasteiger partial charge in [-0.15, -0.1) is 0 Å². The van der Waals surface area contributed by atoms with Crippen LogP contribution in [0.5, 0.6) is 0 Å². The van der Waals surface area contributed by atoms with Gasteiger partial charge in [0.15, 0.2) is 0 Å². The normalized spacial score (nSPS) is 4.50. The summed E-state index contributed by atoms with van der Waals surface area (Å²) in [5.41, 5.74) is 0. The largest absolute Gasteiger partial charge is 3.00 e. The summed E-state index contributed by atoms with van der Waals surface area (Å²) in [6.45, 7) is 0. The molecule has 6 nitrogen and oxygen atoms in total. The standard InChI is InChI=1S/Al.2BO3.3Li/c;2*2-1(3)4;;;/q+3;2*-3;3*+1. The zero-order valence-electron chi connectivity index (χ0n) is 7.18. The molecule has 0 fully saturated rings. The maximum Gasteiger partial charge on any atom is 3.00 e. The van der Waals surface area contributed by atoms with Gasteiger partial charge < -0.3 is 30.1 Å². The molecule has 0 aliphatic rings. The Hall–Kier alpha value is 2.21. The molecular formula is AlB2Li3O6. The van der Waals surface area contributed by atoms with Gasteiger partial charge in [-0.25, -0.2) is 0 Å². The van der Waals surface area contributed by atoms with Crippen LogP contribution in [0.2, 0.25) is 0 Å². The molecule has 0 aliphatic heterocycles. The number of hydrogen-bond donors (Lipinski definition) is 0. The average Bonchev–Trinajstić information content (AvgIpc) is 1.25. The third kappa shape index (κ3) is 313. The van der Waals surface area contributed by atoms with Crippen LogP contribution in [0, 0.1) is 0 Å². The first-order valence-corrected chi connectivity index (χ1v) is 1.41. The van der Waals surface area contributed by atoms with Gasteiger partial charge in [-0.1, -0.05) is 0 Å². The second kappa shape index (κ2) is 29.2. The fourth-order valence-corrected chi connectivity index (χ4v) is 0. The van der Waals surface area contributed by atoms with E-state index in [9.17, 15) is 0 Å². The average molecular weight is 165 g/mol. The van der Waals surface area contributed by atoms with Crippen LogP contribution in [0.3, 0.4) is 0 Å². The molecule has 48 valence electrons. The summed E-state index contributed by atoms with van der Waals surface area (Å²) in [4.78, 5) is 0. The van der Waals surface area contributed by atoms with Crippen molar-refractivity contribution in [3.05, 3.63) is 0 Å². The van der Waals surface area contributed by atoms with Crippen LogP contribution in [0.1, 0.15) is 0 Å². The molecule has 0 heterocycles. The third-order valence-electron chi connectivity index (χ3n) is 0. The third-order valence-corrected chi connectivity index (χ3v) is 0. The second-order valence-corrected chi connectivity index (χ2v) is 0.577. The van der Waals surface area contributed by atoms with Crippen molar-refractivity contribution in [2.45, 2.75) is 0 Å². The molecule has 0 bridgehead atoms. The Balaban J connectivity index is -0.0000000112. The van der Waals surface area contributed by atoms with Crippen molar-refractivity contribution in [2.75, 3.05) is 0 Å². The van der Waals surface area contributed by atoms with Crippen molar-refractivity contribution in [2.24, 2.45) is 0 Å². The van der Waals surface area contributed by atoms with E-state index in [1.165, 1.54) is 0 Å². The van der Waals surface area contributed by atoms with E-state index in [1.807, 2.05) is 0 Å². The number of rotatable bonds is 0. The molecule has 0 aromatic rings. The molecule has 0 rings (SSSR count). The molecule has 0 aliphatic carbocycles. The van der Waals surface area contributed by atoms with Crippen LogP contribution in [0.25, 0.3) is 0 Å². The molecule has 0 N–H and O–H groups in total. The monoisotopic (exact) mass is 166 g/mol. The molecule has 0 saturated heterocycles. The van der Waals surface area contributed by atoms with Crippen LogP contribution in [-0.4, -0.2) is 32.0 Å². The van der Waals surface area contributed by atoms with E-state index in [0.717, 1.165) is 0 Å². The smallest absolute Gasteiger partial charge is 0.907 e. The fourth-order valence-electron chi connectivity index (χ4n) is 0. The maximum absolute atomic E-state index is 8.42. The molecule has 0 saturated carbocycles. The Labute approximate surface area is 118 Å². The zero-order chi connectivity index (χ0) is 7.15. The topological polar surface area (TPSA) is 138 Å². The van der Waals surface area contributed by atoms with Crippen LogP contribution in [-0.2, 0) is 0 Å². The van der Waals surface area contributed by atoms with Gasteiger partial charge in [0.05, 0.1) is 0 Å². The Bertz CT molecular complexity index is 36.3. The molecule has 0 atom stereocenters. The number of hydrogen-bond acceptors (Lipinski definition) is 6. The minimum atomic E-state index is -2.92. The summed E-state index contributed by atoms with van der Waals surface area (Å²) in [6, 6.07) is 0. The van der Waals surface area contributed by atoms with Crippen molar-refractivity contribution in [1.82, 2.24) is 0 Å². The molecule has 0 aromatic heterocycles. The van der Waals surface area contributed by atoms with Gasteiger partial charge in [0.1, 0.15) is 0 Å². The summed E-state index contributed by atoms with van der Waals surface area (Å²) in [7, 11) is -5.83. The summed E-state index contributed by atoms with van der Waals surface area (Å²) >= 11 is 0. The van der Waals surface area contributed by atoms with E-state index in [2.05, 4.69) is 0 Å². The summed E-state index contributed by atoms with van der Waals surface area (Å²) in [5, 5.41) is 50.5. The van der Waals surface area contributed by atoms with Gasteiger partial charge in [0.2, 0.25) is 0 Å². The summed E-state index contributed by atoms with van der Waals surface area (Å²) in [5.74, 6) is 0. The first kappa shape index (κ1) is 36.8. The van der Waals surface area contributed by atoms with Crippen molar-refractivity contribution in [3.63, 3.8) is 0 Å². The van der Waals surface area contributed by atoms with Crippen LogP contribution < -0.4 is 86.7 Å². The van der Waals surface area contributed by atoms with Crippen LogP contribution in [0.4, 0.5) is 0 Å². The minimum absolute atomic E-state index is 0. The molecule has 12 heteroatoms. The van der Waals surface area contributed by atoms with Crippen molar-refractivity contribution in [1.29, 1.82) is 0 Å². The van der Waals surface area contributed by atoms with E-state index in [-0.39, 0.29) is 73.9 Å². The Kier molecular flexibility index (Phi) is 89.6. The van der Waals surface area contributed by atoms with E-state index in [0.29, 0.717) is 0 Å². The van der Waals surface area contributed by atoms with Crippen molar-refractivity contribution >= 4 is 32.0 Å². The molecule has 12 heavy (non-hydrogen) atoms. The predicted octanol–water partition coefficient (Wildman–Crippen LogP) is -17.3. The van der Waals surface area contributed by atoms with Gasteiger partial charge in [0.25, 0.3) is 0 Å². The van der Waals surface area contributed by atoms with Crippen molar-refractivity contribution < 1.29 is 86.7 Å². The van der Waals surface area contributed by atoms with Crippen LogP contribution >= 0.6 is 0 Å². The maximum atomic E-state index is 8.42. The first-order chi connectivity index (χ1) is 3.46. The van der Waals surface area contributed by atoms with E-state index >= 15 is 0 Å².